The summed E-state index contributed by atoms with van der Waals surface area (Å²) in [6.07, 6.45) is 1.62. The minimum atomic E-state index is -5.60. The maximum atomic E-state index is 15.9. The number of hydrogen-bond acceptors (Lipinski definition) is 9. The number of phosphoric ester groups is 1. The van der Waals surface area contributed by atoms with Crippen molar-refractivity contribution in [3.8, 4) is 12.3 Å². The second-order valence-corrected chi connectivity index (χ2v) is 10.3. The summed E-state index contributed by atoms with van der Waals surface area (Å²) < 4.78 is 52.5. The molecule has 1 unspecified atom stereocenters. The molecule has 1 saturated heterocycles. The van der Waals surface area contributed by atoms with Crippen LogP contribution < -0.4 is 5.56 Å². The lowest BCUT2D eigenvalue weighted by Crippen LogP contribution is -2.60. The van der Waals surface area contributed by atoms with Crippen LogP contribution in [0.5, 0.6) is 0 Å². The average molecular weight is 498 g/mol. The smallest absolute Gasteiger partial charge is 0.386 e. The zero-order chi connectivity index (χ0) is 24.2. The molecule has 31 heavy (non-hydrogen) atoms. The Balaban J connectivity index is 2.55. The highest BCUT2D eigenvalue weighted by Crippen LogP contribution is 2.61. The van der Waals surface area contributed by atoms with E-state index >= 15 is 4.39 Å². The van der Waals surface area contributed by atoms with Crippen LogP contribution in [0.1, 0.15) is 5.56 Å². The normalized spacial score (nSPS) is 31.1. The highest BCUT2D eigenvalue weighted by Gasteiger charge is 2.69. The molecule has 6 N–H and O–H groups in total. The number of phosphoric acid groups is 2. The van der Waals surface area contributed by atoms with Crippen LogP contribution in [0.2, 0.25) is 0 Å². The number of aromatic amines is 1. The molecule has 0 aliphatic carbocycles. The van der Waals surface area contributed by atoms with Crippen LogP contribution in [0.25, 0.3) is 0 Å². The van der Waals surface area contributed by atoms with Gasteiger partial charge in [0.2, 0.25) is 0 Å². The topological polar surface area (TPSA) is 201 Å². The number of halogens is 1. The fourth-order valence-electron chi connectivity index (χ4n) is 2.99. The van der Waals surface area contributed by atoms with Crippen LogP contribution in [-0.2, 0) is 28.3 Å². The number of aromatic nitrogens is 2. The van der Waals surface area contributed by atoms with Crippen molar-refractivity contribution in [3.63, 3.8) is 0 Å². The lowest BCUT2D eigenvalue weighted by Gasteiger charge is -2.40. The molecule has 0 spiro atoms. The number of ether oxygens (including phenoxy) is 1. The molecule has 5 atom stereocenters. The van der Waals surface area contributed by atoms with E-state index in [0.717, 1.165) is 34.3 Å². The maximum absolute atomic E-state index is 15.9. The van der Waals surface area contributed by atoms with Gasteiger partial charge < -0.3 is 34.2 Å². The second-order valence-electron chi connectivity index (χ2n) is 7.15. The highest BCUT2D eigenvalue weighted by atomic mass is 32.1. The second kappa shape index (κ2) is 8.05. The molecule has 0 amide bonds. The van der Waals surface area contributed by atoms with Crippen LogP contribution >= 0.6 is 27.9 Å². The number of rotatable bonds is 6. The third kappa shape index (κ3) is 4.82. The molecule has 1 aliphatic rings. The van der Waals surface area contributed by atoms with Crippen LogP contribution in [0, 0.1) is 17.1 Å². The molecule has 1 fully saturated rings. The van der Waals surface area contributed by atoms with Gasteiger partial charge in [-0.15, -0.1) is 6.42 Å². The monoisotopic (exact) mass is 498 g/mol. The first-order valence-electron chi connectivity index (χ1n) is 8.18. The van der Waals surface area contributed by atoms with Gasteiger partial charge in [-0.25, -0.2) is 13.5 Å². The van der Waals surface area contributed by atoms with Crippen LogP contribution in [0.3, 0.4) is 0 Å². The Kier molecular flexibility index (Phi) is 6.80. The van der Waals surface area contributed by atoms with E-state index in [9.17, 15) is 29.0 Å². The number of nitrogens with one attached hydrogen (secondary N) is 1. The molecule has 1 aromatic heterocycles. The van der Waals surface area contributed by atoms with Crippen molar-refractivity contribution in [3.05, 3.63) is 26.9 Å². The van der Waals surface area contributed by atoms with E-state index in [2.05, 4.69) is 13.8 Å². The standard InChI is InChI=1S/C11H16B3FN2O11P2S/c1-2-4-3-17(8(31)16-7(4)20)10(12)6(19)5(18)9(15,26-10)11(13,14)27-30(24,25)28-29(21,22)23/h1,3,5-6,18-19H,12-14H2,(H,24,25)(H,16,20,31)(H2,21,22,23)/t5-,6+,9-,10-/m0/s1. The van der Waals surface area contributed by atoms with Gasteiger partial charge in [-0.2, -0.15) is 4.31 Å². The molecule has 2 heterocycles. The van der Waals surface area contributed by atoms with Gasteiger partial charge in [-0.05, 0) is 12.2 Å². The first-order chi connectivity index (χ1) is 13.8. The Labute approximate surface area is 181 Å². The molecule has 1 aliphatic heterocycles. The van der Waals surface area contributed by atoms with E-state index < -0.39 is 50.3 Å². The largest absolute Gasteiger partial charge is 0.480 e. The molecule has 20 heteroatoms. The van der Waals surface area contributed by atoms with Gasteiger partial charge in [0.1, 0.15) is 39.1 Å². The van der Waals surface area contributed by atoms with Crippen molar-refractivity contribution in [1.29, 1.82) is 0 Å². The number of aliphatic hydroxyl groups excluding tert-OH is 2. The summed E-state index contributed by atoms with van der Waals surface area (Å²) in [5.41, 5.74) is -3.26. The third-order valence-electron chi connectivity index (χ3n) is 4.53. The Morgan fingerprint density at radius 1 is 1.35 bits per heavy atom. The van der Waals surface area contributed by atoms with E-state index in [1.54, 1.807) is 0 Å². The summed E-state index contributed by atoms with van der Waals surface area (Å²) in [7, 11) is -8.48. The zero-order valence-electron chi connectivity index (χ0n) is 16.1. The molecule has 168 valence electrons. The Bertz CT molecular complexity index is 1150. The highest BCUT2D eigenvalue weighted by molar-refractivity contribution is 7.71. The lowest BCUT2D eigenvalue weighted by molar-refractivity contribution is -0.239. The van der Waals surface area contributed by atoms with Crippen molar-refractivity contribution >= 4 is 51.4 Å². The predicted octanol–water partition coefficient (Wildman–Crippen LogP) is -4.31. The quantitative estimate of drug-likeness (QED) is 0.0957. The fourth-order valence-corrected chi connectivity index (χ4v) is 5.23. The average Bonchev–Trinajstić information content (AvgIpc) is 2.74. The zero-order valence-corrected chi connectivity index (χ0v) is 18.7. The molecular formula is C11H16B3FN2O11P2S. The molecule has 0 radical (unpaired) electrons. The van der Waals surface area contributed by atoms with Gasteiger partial charge in [-0.3, -0.25) is 14.3 Å². The van der Waals surface area contributed by atoms with Crippen molar-refractivity contribution in [2.45, 2.75) is 29.1 Å². The van der Waals surface area contributed by atoms with Gasteiger partial charge in [0.05, 0.1) is 5.40 Å². The van der Waals surface area contributed by atoms with Gasteiger partial charge in [0.15, 0.2) is 12.6 Å². The van der Waals surface area contributed by atoms with E-state index in [-0.39, 0.29) is 10.3 Å². The summed E-state index contributed by atoms with van der Waals surface area (Å²) in [6.45, 7) is 0. The molecule has 0 saturated carbocycles. The van der Waals surface area contributed by atoms with Gasteiger partial charge in [0.25, 0.3) is 11.4 Å². The number of hydrogen-bond donors (Lipinski definition) is 6. The first kappa shape index (κ1) is 26.2. The summed E-state index contributed by atoms with van der Waals surface area (Å²) in [5.74, 6) is -1.43. The van der Waals surface area contributed by atoms with Gasteiger partial charge in [-0.1, -0.05) is 5.92 Å². The van der Waals surface area contributed by atoms with Crippen LogP contribution in [0.4, 0.5) is 4.39 Å². The molecule has 0 bridgehead atoms. The fraction of sp³-hybridized carbons (Fsp3) is 0.455. The Morgan fingerprint density at radius 2 is 1.90 bits per heavy atom. The lowest BCUT2D eigenvalue weighted by atomic mass is 9.59. The SMILES string of the molecule is BC(B)(OP(=O)(O)OP(=O)(O)O)[C@@]1(F)O[C@@](B)(n2cc(C#C)c(=O)[nH]c2=S)[C@H](O)[C@@H]1O. The van der Waals surface area contributed by atoms with Gasteiger partial charge >= 0.3 is 15.6 Å². The van der Waals surface area contributed by atoms with Crippen molar-refractivity contribution < 1.29 is 52.0 Å². The minimum Gasteiger partial charge on any atom is -0.386 e. The van der Waals surface area contributed by atoms with E-state index in [4.69, 9.17) is 33.2 Å². The maximum Gasteiger partial charge on any atom is 0.480 e. The first-order valence-corrected chi connectivity index (χ1v) is 11.6. The molecule has 2 rings (SSSR count). The van der Waals surface area contributed by atoms with Gasteiger partial charge in [0, 0.05) is 6.20 Å². The van der Waals surface area contributed by atoms with Crippen molar-refractivity contribution in [2.75, 3.05) is 0 Å². The third-order valence-corrected chi connectivity index (χ3v) is 7.20. The molecular weight excluding hydrogens is 482 g/mol. The number of nitrogens with zero attached hydrogens (tertiary/aromatic N) is 1. The van der Waals surface area contributed by atoms with Crippen molar-refractivity contribution in [1.82, 2.24) is 9.55 Å². The summed E-state index contributed by atoms with van der Waals surface area (Å²) >= 11 is 4.98. The Hall–Kier alpha value is -1.08. The molecule has 1 aromatic rings. The Morgan fingerprint density at radius 3 is 2.39 bits per heavy atom. The number of aliphatic hydroxyl groups is 2. The van der Waals surface area contributed by atoms with Crippen LogP contribution in [0.15, 0.2) is 11.0 Å². The molecule has 0 aromatic carbocycles. The summed E-state index contributed by atoms with van der Waals surface area (Å²) in [6, 6.07) is 0. The number of alkyl halides is 1. The van der Waals surface area contributed by atoms with Crippen LogP contribution in [-0.4, -0.2) is 81.4 Å². The molecule has 13 nitrogen and oxygen atoms in total. The predicted molar refractivity (Wildman–Crippen MR) is 111 cm³/mol. The van der Waals surface area contributed by atoms with Crippen molar-refractivity contribution in [2.24, 2.45) is 0 Å². The van der Waals surface area contributed by atoms with E-state index in [0.29, 0.717) is 0 Å². The summed E-state index contributed by atoms with van der Waals surface area (Å²) in [4.78, 5) is 41.0. The van der Waals surface area contributed by atoms with E-state index in [1.807, 2.05) is 5.92 Å². The van der Waals surface area contributed by atoms with E-state index in [1.165, 1.54) is 0 Å². The number of H-pyrrole nitrogens is 1. The minimum absolute atomic E-state index is 0.276. The number of terminal acetylenes is 1. The summed E-state index contributed by atoms with van der Waals surface area (Å²) in [5, 5.41) is 18.3.